The Hall–Kier alpha value is -1.73. The number of rotatable bonds is 3. The first-order valence-corrected chi connectivity index (χ1v) is 10.3. The van der Waals surface area contributed by atoms with Gasteiger partial charge >= 0.3 is 0 Å². The molecule has 5 heteroatoms. The van der Waals surface area contributed by atoms with Crippen LogP contribution in [0, 0.1) is 3.57 Å². The molecule has 1 N–H and O–H groups in total. The molecular weight excluding hydrogens is 443 g/mol. The van der Waals surface area contributed by atoms with Gasteiger partial charge in [-0.3, -0.25) is 10.1 Å². The quantitative estimate of drug-likeness (QED) is 0.521. The van der Waals surface area contributed by atoms with E-state index in [2.05, 4.69) is 51.1 Å². The van der Waals surface area contributed by atoms with Crippen LogP contribution in [-0.2, 0) is 12.8 Å². The number of carbonyl (C=O) groups is 1. The summed E-state index contributed by atoms with van der Waals surface area (Å²) in [5, 5.41) is 5.55. The van der Waals surface area contributed by atoms with Crippen LogP contribution >= 0.6 is 33.9 Å². The number of nitrogens with zero attached hydrogens (tertiary/aromatic N) is 1. The van der Waals surface area contributed by atoms with Crippen LogP contribution in [0.5, 0.6) is 0 Å². The molecule has 0 spiro atoms. The maximum atomic E-state index is 12.5. The molecule has 0 bridgehead atoms. The standard InChI is InChI=1S/C20H17IN2OS/c21-17-9-7-14(8-10-17)18-12-25-20(22-18)23-19(24)16-6-5-13-3-1-2-4-15(13)11-16/h5-12H,1-4H2,(H,22,23,24). The van der Waals surface area contributed by atoms with Crippen LogP contribution in [0.3, 0.4) is 0 Å². The lowest BCUT2D eigenvalue weighted by molar-refractivity contribution is 0.102. The highest BCUT2D eigenvalue weighted by Gasteiger charge is 2.14. The molecule has 1 aliphatic rings. The fourth-order valence-corrected chi connectivity index (χ4v) is 4.20. The monoisotopic (exact) mass is 460 g/mol. The van der Waals surface area contributed by atoms with Gasteiger partial charge in [-0.05, 0) is 83.7 Å². The molecule has 0 radical (unpaired) electrons. The normalized spacial score (nSPS) is 13.3. The molecule has 3 aromatic rings. The zero-order valence-electron chi connectivity index (χ0n) is 13.6. The van der Waals surface area contributed by atoms with E-state index in [0.717, 1.165) is 24.1 Å². The topological polar surface area (TPSA) is 42.0 Å². The van der Waals surface area contributed by atoms with Gasteiger partial charge < -0.3 is 0 Å². The summed E-state index contributed by atoms with van der Waals surface area (Å²) in [6, 6.07) is 14.3. The lowest BCUT2D eigenvalue weighted by atomic mass is 9.90. The summed E-state index contributed by atoms with van der Waals surface area (Å²) in [5.74, 6) is -0.0862. The highest BCUT2D eigenvalue weighted by Crippen LogP contribution is 2.26. The van der Waals surface area contributed by atoms with Gasteiger partial charge in [0.25, 0.3) is 5.91 Å². The van der Waals surface area contributed by atoms with Gasteiger partial charge in [0.2, 0.25) is 0 Å². The molecule has 4 rings (SSSR count). The second-order valence-corrected chi connectivity index (χ2v) is 8.29. The number of nitrogens with one attached hydrogen (secondary N) is 1. The third kappa shape index (κ3) is 3.77. The largest absolute Gasteiger partial charge is 0.298 e. The Labute approximate surface area is 164 Å². The Morgan fingerprint density at radius 3 is 2.60 bits per heavy atom. The van der Waals surface area contributed by atoms with E-state index in [1.165, 1.54) is 38.9 Å². The molecule has 1 aliphatic carbocycles. The van der Waals surface area contributed by atoms with Crippen molar-refractivity contribution in [2.45, 2.75) is 25.7 Å². The minimum Gasteiger partial charge on any atom is -0.298 e. The van der Waals surface area contributed by atoms with Crippen molar-refractivity contribution in [1.29, 1.82) is 0 Å². The zero-order chi connectivity index (χ0) is 17.2. The lowest BCUT2D eigenvalue weighted by Crippen LogP contribution is -2.13. The molecule has 0 fully saturated rings. The SMILES string of the molecule is O=C(Nc1nc(-c2ccc(I)cc2)cs1)c1ccc2c(c1)CCCC2. The van der Waals surface area contributed by atoms with Gasteiger partial charge in [0.05, 0.1) is 5.69 Å². The maximum Gasteiger partial charge on any atom is 0.257 e. The first-order valence-electron chi connectivity index (χ1n) is 8.34. The van der Waals surface area contributed by atoms with Crippen molar-refractivity contribution in [1.82, 2.24) is 4.98 Å². The number of aryl methyl sites for hydroxylation is 2. The van der Waals surface area contributed by atoms with E-state index in [0.29, 0.717) is 10.7 Å². The number of hydrogen-bond acceptors (Lipinski definition) is 3. The Bertz CT molecular complexity index is 918. The van der Waals surface area contributed by atoms with Gasteiger partial charge in [-0.15, -0.1) is 11.3 Å². The van der Waals surface area contributed by atoms with E-state index in [1.54, 1.807) is 0 Å². The zero-order valence-corrected chi connectivity index (χ0v) is 16.6. The summed E-state index contributed by atoms with van der Waals surface area (Å²) in [4.78, 5) is 17.1. The number of halogens is 1. The van der Waals surface area contributed by atoms with Crippen molar-refractivity contribution < 1.29 is 4.79 Å². The van der Waals surface area contributed by atoms with E-state index in [9.17, 15) is 4.79 Å². The van der Waals surface area contributed by atoms with Crippen LogP contribution in [-0.4, -0.2) is 10.9 Å². The van der Waals surface area contributed by atoms with Crippen LogP contribution < -0.4 is 5.32 Å². The second kappa shape index (κ2) is 7.25. The number of carbonyl (C=O) groups excluding carboxylic acids is 1. The average Bonchev–Trinajstić information content (AvgIpc) is 3.10. The van der Waals surface area contributed by atoms with Crippen LogP contribution in [0.4, 0.5) is 5.13 Å². The molecule has 25 heavy (non-hydrogen) atoms. The Morgan fingerprint density at radius 1 is 1.04 bits per heavy atom. The highest BCUT2D eigenvalue weighted by molar-refractivity contribution is 14.1. The van der Waals surface area contributed by atoms with Crippen molar-refractivity contribution in [3.63, 3.8) is 0 Å². The van der Waals surface area contributed by atoms with Gasteiger partial charge in [-0.2, -0.15) is 0 Å². The summed E-state index contributed by atoms with van der Waals surface area (Å²) in [7, 11) is 0. The second-order valence-electron chi connectivity index (χ2n) is 6.19. The van der Waals surface area contributed by atoms with Crippen molar-refractivity contribution >= 4 is 45.0 Å². The highest BCUT2D eigenvalue weighted by atomic mass is 127. The minimum absolute atomic E-state index is 0.0862. The average molecular weight is 460 g/mol. The molecule has 0 saturated heterocycles. The van der Waals surface area contributed by atoms with Crippen molar-refractivity contribution in [2.24, 2.45) is 0 Å². The van der Waals surface area contributed by atoms with Crippen molar-refractivity contribution in [3.8, 4) is 11.3 Å². The van der Waals surface area contributed by atoms with E-state index >= 15 is 0 Å². The molecule has 3 nitrogen and oxygen atoms in total. The summed E-state index contributed by atoms with van der Waals surface area (Å²) in [6.07, 6.45) is 4.66. The number of thiazole rings is 1. The Morgan fingerprint density at radius 2 is 1.80 bits per heavy atom. The molecule has 1 aromatic heterocycles. The van der Waals surface area contributed by atoms with E-state index in [-0.39, 0.29) is 5.91 Å². The van der Waals surface area contributed by atoms with Gasteiger partial charge in [-0.1, -0.05) is 18.2 Å². The van der Waals surface area contributed by atoms with Crippen LogP contribution in [0.25, 0.3) is 11.3 Å². The van der Waals surface area contributed by atoms with E-state index in [4.69, 9.17) is 0 Å². The molecule has 0 saturated carbocycles. The lowest BCUT2D eigenvalue weighted by Gasteiger charge is -2.16. The van der Waals surface area contributed by atoms with Gasteiger partial charge in [0.15, 0.2) is 5.13 Å². The smallest absolute Gasteiger partial charge is 0.257 e. The number of aromatic nitrogens is 1. The molecule has 1 amide bonds. The van der Waals surface area contributed by atoms with Crippen molar-refractivity contribution in [3.05, 3.63) is 68.1 Å². The number of hydrogen-bond donors (Lipinski definition) is 1. The summed E-state index contributed by atoms with van der Waals surface area (Å²) < 4.78 is 1.19. The Kier molecular flexibility index (Phi) is 4.85. The fraction of sp³-hybridized carbons (Fsp3) is 0.200. The van der Waals surface area contributed by atoms with Gasteiger partial charge in [0.1, 0.15) is 0 Å². The van der Waals surface area contributed by atoms with E-state index < -0.39 is 0 Å². The summed E-state index contributed by atoms with van der Waals surface area (Å²) in [6.45, 7) is 0. The maximum absolute atomic E-state index is 12.5. The number of amides is 1. The molecule has 126 valence electrons. The predicted molar refractivity (Wildman–Crippen MR) is 111 cm³/mol. The van der Waals surface area contributed by atoms with Crippen LogP contribution in [0.1, 0.15) is 34.3 Å². The van der Waals surface area contributed by atoms with Crippen LogP contribution in [0.2, 0.25) is 0 Å². The third-order valence-electron chi connectivity index (χ3n) is 4.48. The van der Waals surface area contributed by atoms with Gasteiger partial charge in [0, 0.05) is 20.1 Å². The number of benzene rings is 2. The summed E-state index contributed by atoms with van der Waals surface area (Å²) >= 11 is 3.74. The first kappa shape index (κ1) is 16.7. The predicted octanol–water partition coefficient (Wildman–Crippen LogP) is 5.55. The Balaban J connectivity index is 1.50. The minimum atomic E-state index is -0.0862. The van der Waals surface area contributed by atoms with Crippen LogP contribution in [0.15, 0.2) is 47.8 Å². The molecule has 0 unspecified atom stereocenters. The fourth-order valence-electron chi connectivity index (χ4n) is 3.13. The number of fused-ring (bicyclic) bond motifs is 1. The molecular formula is C20H17IN2OS. The van der Waals surface area contributed by atoms with E-state index in [1.807, 2.05) is 29.6 Å². The first-order chi connectivity index (χ1) is 12.2. The van der Waals surface area contributed by atoms with Crippen molar-refractivity contribution in [2.75, 3.05) is 5.32 Å². The molecule has 1 heterocycles. The third-order valence-corrected chi connectivity index (χ3v) is 5.95. The molecule has 0 aliphatic heterocycles. The summed E-state index contributed by atoms with van der Waals surface area (Å²) in [5.41, 5.74) is 5.37. The molecule has 2 aromatic carbocycles. The number of anilines is 1. The van der Waals surface area contributed by atoms with Gasteiger partial charge in [-0.25, -0.2) is 4.98 Å². The molecule has 0 atom stereocenters.